The molecular formula is C28H27F3IN3O3. The zero-order valence-electron chi connectivity index (χ0n) is 21.1. The Hall–Kier alpha value is -3.25. The summed E-state index contributed by atoms with van der Waals surface area (Å²) in [5.41, 5.74) is 3.07. The number of aryl methyl sites for hydroxylation is 2. The second kappa shape index (κ2) is 12.5. The summed E-state index contributed by atoms with van der Waals surface area (Å²) in [5.74, 6) is -0.979. The van der Waals surface area contributed by atoms with Crippen LogP contribution in [0.2, 0.25) is 0 Å². The molecule has 0 bridgehead atoms. The molecule has 38 heavy (non-hydrogen) atoms. The number of likely N-dealkylation sites (N-methyl/N-ethyl adjacent to an activating group) is 1. The number of halogens is 4. The van der Waals surface area contributed by atoms with E-state index >= 15 is 0 Å². The standard InChI is InChI=1S/C28H27F3IN3O3/c1-4-18-13-20(9-10-21(18)15-35(3)16-25(36)37)27(34-38)33-26(32)19-11-12-23(24(14-19)28(29,30)31)22-8-6-5-7-17(22)2/h5-14,38H,4,15-16H2,1-3H3,(H,36,37)/b33-26-,34-27-. The SMILES string of the molecule is CCc1cc(C(/N=C(\I)c2ccc(-c3ccccc3C)c(C(F)(F)F)c2)=N/O)ccc1CN(C)CC(=O)O. The minimum Gasteiger partial charge on any atom is -0.480 e. The molecule has 0 saturated carbocycles. The third-order valence-electron chi connectivity index (χ3n) is 5.99. The molecule has 10 heteroatoms. The molecule has 0 aliphatic carbocycles. The summed E-state index contributed by atoms with van der Waals surface area (Å²) >= 11 is 1.83. The second-order valence-corrected chi connectivity index (χ2v) is 9.82. The number of carboxylic acids is 1. The first-order chi connectivity index (χ1) is 17.9. The number of benzene rings is 3. The average molecular weight is 637 g/mol. The maximum absolute atomic E-state index is 14.0. The highest BCUT2D eigenvalue weighted by Crippen LogP contribution is 2.39. The number of rotatable bonds is 8. The van der Waals surface area contributed by atoms with Crippen LogP contribution >= 0.6 is 22.6 Å². The van der Waals surface area contributed by atoms with Crippen LogP contribution in [0.25, 0.3) is 11.1 Å². The summed E-state index contributed by atoms with van der Waals surface area (Å²) in [5, 5.41) is 22.0. The molecule has 0 amide bonds. The van der Waals surface area contributed by atoms with Gasteiger partial charge in [0.15, 0.2) is 5.84 Å². The molecule has 0 atom stereocenters. The van der Waals surface area contributed by atoms with E-state index in [4.69, 9.17) is 5.11 Å². The van der Waals surface area contributed by atoms with Gasteiger partial charge in [-0.2, -0.15) is 13.2 Å². The Balaban J connectivity index is 1.97. The molecule has 0 radical (unpaired) electrons. The molecular weight excluding hydrogens is 610 g/mol. The van der Waals surface area contributed by atoms with E-state index < -0.39 is 17.7 Å². The first-order valence-corrected chi connectivity index (χ1v) is 12.8. The molecule has 0 aliphatic rings. The van der Waals surface area contributed by atoms with Crippen LogP contribution in [0.4, 0.5) is 13.2 Å². The molecule has 0 aliphatic heterocycles. The molecule has 6 nitrogen and oxygen atoms in total. The van der Waals surface area contributed by atoms with Gasteiger partial charge >= 0.3 is 12.1 Å². The monoisotopic (exact) mass is 637 g/mol. The van der Waals surface area contributed by atoms with Crippen LogP contribution in [0, 0.1) is 6.92 Å². The number of aliphatic carboxylic acids is 1. The van der Waals surface area contributed by atoms with Gasteiger partial charge in [0, 0.05) is 17.7 Å². The molecule has 3 rings (SSSR count). The Morgan fingerprint density at radius 3 is 2.29 bits per heavy atom. The fourth-order valence-electron chi connectivity index (χ4n) is 4.15. The molecule has 0 saturated heterocycles. The quantitative estimate of drug-likeness (QED) is 0.0939. The van der Waals surface area contributed by atoms with Gasteiger partial charge in [0.05, 0.1) is 12.1 Å². The normalized spacial score (nSPS) is 12.7. The van der Waals surface area contributed by atoms with Crippen molar-refractivity contribution in [3.63, 3.8) is 0 Å². The van der Waals surface area contributed by atoms with Crippen LogP contribution in [0.5, 0.6) is 0 Å². The minimum atomic E-state index is -4.59. The van der Waals surface area contributed by atoms with Crippen molar-refractivity contribution in [2.24, 2.45) is 10.1 Å². The molecule has 200 valence electrons. The lowest BCUT2D eigenvalue weighted by atomic mass is 9.94. The van der Waals surface area contributed by atoms with Gasteiger partial charge in [0.2, 0.25) is 0 Å². The fraction of sp³-hybridized carbons (Fsp3) is 0.250. The average Bonchev–Trinajstić information content (AvgIpc) is 2.86. The number of amidine groups is 1. The lowest BCUT2D eigenvalue weighted by molar-refractivity contribution is -0.138. The van der Waals surface area contributed by atoms with Crippen LogP contribution in [0.3, 0.4) is 0 Å². The Labute approximate surface area is 232 Å². The summed E-state index contributed by atoms with van der Waals surface area (Å²) in [4.78, 5) is 17.0. The summed E-state index contributed by atoms with van der Waals surface area (Å²) in [6.45, 7) is 4.00. The summed E-state index contributed by atoms with van der Waals surface area (Å²) < 4.78 is 42.3. The van der Waals surface area contributed by atoms with Gasteiger partial charge in [-0.3, -0.25) is 9.69 Å². The van der Waals surface area contributed by atoms with Crippen molar-refractivity contribution in [1.82, 2.24) is 4.90 Å². The summed E-state index contributed by atoms with van der Waals surface area (Å²) in [6, 6.07) is 16.2. The smallest absolute Gasteiger partial charge is 0.417 e. The Morgan fingerprint density at radius 2 is 1.68 bits per heavy atom. The molecule has 0 unspecified atom stereocenters. The number of aliphatic imine (C=N–C) groups is 1. The van der Waals surface area contributed by atoms with Gasteiger partial charge < -0.3 is 10.3 Å². The van der Waals surface area contributed by atoms with Crippen LogP contribution in [-0.4, -0.2) is 44.3 Å². The predicted octanol–water partition coefficient (Wildman–Crippen LogP) is 6.78. The van der Waals surface area contributed by atoms with Crippen molar-refractivity contribution >= 4 is 38.1 Å². The Kier molecular flexibility index (Phi) is 9.66. The van der Waals surface area contributed by atoms with Gasteiger partial charge in [-0.15, -0.1) is 0 Å². The lowest BCUT2D eigenvalue weighted by Crippen LogP contribution is -2.25. The van der Waals surface area contributed by atoms with Gasteiger partial charge in [-0.05, 0) is 82.9 Å². The first kappa shape index (κ1) is 29.3. The van der Waals surface area contributed by atoms with Crippen molar-refractivity contribution in [2.75, 3.05) is 13.6 Å². The molecule has 0 fully saturated rings. The van der Waals surface area contributed by atoms with E-state index in [0.29, 0.717) is 24.1 Å². The number of hydrogen-bond donors (Lipinski definition) is 2. The second-order valence-electron chi connectivity index (χ2n) is 8.80. The molecule has 0 heterocycles. The Bertz CT molecular complexity index is 1390. The molecule has 0 spiro atoms. The van der Waals surface area contributed by atoms with Crippen molar-refractivity contribution in [3.05, 3.63) is 94.0 Å². The van der Waals surface area contributed by atoms with E-state index in [9.17, 15) is 23.2 Å². The van der Waals surface area contributed by atoms with E-state index in [2.05, 4.69) is 10.1 Å². The van der Waals surface area contributed by atoms with Gasteiger partial charge in [-0.1, -0.05) is 60.6 Å². The number of hydrogen-bond acceptors (Lipinski definition) is 4. The highest BCUT2D eigenvalue weighted by molar-refractivity contribution is 14.1. The Morgan fingerprint density at radius 1 is 1.00 bits per heavy atom. The molecule has 3 aromatic rings. The number of alkyl halides is 3. The van der Waals surface area contributed by atoms with Crippen LogP contribution in [0.15, 0.2) is 70.8 Å². The van der Waals surface area contributed by atoms with E-state index in [1.807, 2.05) is 29.5 Å². The fourth-order valence-corrected chi connectivity index (χ4v) is 4.71. The van der Waals surface area contributed by atoms with Gasteiger partial charge in [0.1, 0.15) is 3.72 Å². The summed E-state index contributed by atoms with van der Waals surface area (Å²) in [6.07, 6.45) is -3.95. The third kappa shape index (κ3) is 7.19. The maximum atomic E-state index is 14.0. The minimum absolute atomic E-state index is 0.0499. The van der Waals surface area contributed by atoms with E-state index in [-0.39, 0.29) is 27.2 Å². The van der Waals surface area contributed by atoms with Crippen molar-refractivity contribution in [3.8, 4) is 11.1 Å². The van der Waals surface area contributed by atoms with Crippen LogP contribution in [-0.2, 0) is 23.9 Å². The molecule has 2 N–H and O–H groups in total. The summed E-state index contributed by atoms with van der Waals surface area (Å²) in [7, 11) is 1.70. The lowest BCUT2D eigenvalue weighted by Gasteiger charge is -2.17. The van der Waals surface area contributed by atoms with Gasteiger partial charge in [0.25, 0.3) is 0 Å². The largest absolute Gasteiger partial charge is 0.480 e. The van der Waals surface area contributed by atoms with E-state index in [1.165, 1.54) is 6.07 Å². The topological polar surface area (TPSA) is 85.5 Å². The van der Waals surface area contributed by atoms with Crippen LogP contribution in [0.1, 0.15) is 40.3 Å². The predicted molar refractivity (Wildman–Crippen MR) is 150 cm³/mol. The van der Waals surface area contributed by atoms with Crippen molar-refractivity contribution in [2.45, 2.75) is 33.0 Å². The number of oxime groups is 1. The highest BCUT2D eigenvalue weighted by atomic mass is 127. The highest BCUT2D eigenvalue weighted by Gasteiger charge is 2.34. The number of carboxylic acid groups (broad SMARTS) is 1. The zero-order chi connectivity index (χ0) is 28.0. The maximum Gasteiger partial charge on any atom is 0.417 e. The first-order valence-electron chi connectivity index (χ1n) is 11.7. The number of carbonyl (C=O) groups is 1. The van der Waals surface area contributed by atoms with E-state index in [0.717, 1.165) is 22.8 Å². The third-order valence-corrected chi connectivity index (χ3v) is 6.85. The molecule has 3 aromatic carbocycles. The zero-order valence-corrected chi connectivity index (χ0v) is 23.2. The number of nitrogens with zero attached hydrogens (tertiary/aromatic N) is 3. The van der Waals surface area contributed by atoms with E-state index in [1.54, 1.807) is 67.4 Å². The molecule has 0 aromatic heterocycles. The van der Waals surface area contributed by atoms with Crippen LogP contribution < -0.4 is 0 Å². The van der Waals surface area contributed by atoms with Gasteiger partial charge in [-0.25, -0.2) is 4.99 Å². The van der Waals surface area contributed by atoms with Crippen molar-refractivity contribution in [1.29, 1.82) is 0 Å². The van der Waals surface area contributed by atoms with Crippen molar-refractivity contribution < 1.29 is 28.3 Å².